The van der Waals surface area contributed by atoms with Gasteiger partial charge in [-0.3, -0.25) is 9.59 Å². The molecule has 198 valence electrons. The number of carbonyl (C=O) groups is 2. The topological polar surface area (TPSA) is 85.3 Å². The van der Waals surface area contributed by atoms with Gasteiger partial charge in [0.2, 0.25) is 0 Å². The molecule has 7 nitrogen and oxygen atoms in total. The second kappa shape index (κ2) is 11.8. The zero-order valence-corrected chi connectivity index (χ0v) is 22.7. The van der Waals surface area contributed by atoms with Crippen LogP contribution in [0.25, 0.3) is 5.76 Å². The molecule has 0 spiro atoms. The SMILES string of the molecule is CCCN1C(=O)C(=O)/C(=C(/O)c2cc(Cl)cc(Cl)c2OC)C1c1ccc(OC)c(OCc2ccccc2)c1. The number of likely N-dealkylation sites (tertiary alicyclic amines) is 1. The lowest BCUT2D eigenvalue weighted by atomic mass is 9.94. The van der Waals surface area contributed by atoms with E-state index < -0.39 is 23.5 Å². The van der Waals surface area contributed by atoms with E-state index in [1.54, 1.807) is 18.2 Å². The van der Waals surface area contributed by atoms with E-state index in [9.17, 15) is 14.7 Å². The summed E-state index contributed by atoms with van der Waals surface area (Å²) in [5.74, 6) is -0.916. The minimum absolute atomic E-state index is 0.0979. The van der Waals surface area contributed by atoms with Gasteiger partial charge in [0.1, 0.15) is 18.1 Å². The molecule has 0 aromatic heterocycles. The summed E-state index contributed by atoms with van der Waals surface area (Å²) in [6.45, 7) is 2.48. The summed E-state index contributed by atoms with van der Waals surface area (Å²) >= 11 is 12.5. The molecular weight excluding hydrogens is 529 g/mol. The highest BCUT2D eigenvalue weighted by Gasteiger charge is 2.46. The first kappa shape index (κ1) is 27.4. The minimum atomic E-state index is -0.887. The summed E-state index contributed by atoms with van der Waals surface area (Å²) in [5, 5.41) is 11.8. The standard InChI is InChI=1S/C29H27Cl2NO6/c1-4-12-32-25(18-10-11-22(36-2)23(13-18)38-16-17-8-6-5-7-9-17)24(27(34)29(32)35)26(33)20-14-19(30)15-21(31)28(20)37-3/h5-11,13-15,25,33H,4,12,16H2,1-3H3/b26-24+. The fourth-order valence-electron chi connectivity index (χ4n) is 4.50. The molecule has 1 heterocycles. The molecule has 0 radical (unpaired) electrons. The van der Waals surface area contributed by atoms with Crippen LogP contribution < -0.4 is 14.2 Å². The predicted octanol–water partition coefficient (Wildman–Crippen LogP) is 6.42. The smallest absolute Gasteiger partial charge is 0.295 e. The molecule has 1 saturated heterocycles. The van der Waals surface area contributed by atoms with E-state index in [1.807, 2.05) is 37.3 Å². The number of carbonyl (C=O) groups excluding carboxylic acids is 2. The highest BCUT2D eigenvalue weighted by Crippen LogP contribution is 2.44. The van der Waals surface area contributed by atoms with Crippen molar-refractivity contribution in [3.63, 3.8) is 0 Å². The lowest BCUT2D eigenvalue weighted by Gasteiger charge is -2.26. The number of aliphatic hydroxyl groups is 1. The van der Waals surface area contributed by atoms with Gasteiger partial charge in [-0.1, -0.05) is 66.5 Å². The summed E-state index contributed by atoms with van der Waals surface area (Å²) in [6, 6.07) is 16.8. The maximum Gasteiger partial charge on any atom is 0.295 e. The van der Waals surface area contributed by atoms with E-state index >= 15 is 0 Å². The molecule has 3 aromatic rings. The highest BCUT2D eigenvalue weighted by molar-refractivity contribution is 6.46. The Morgan fingerprint density at radius 2 is 1.71 bits per heavy atom. The summed E-state index contributed by atoms with van der Waals surface area (Å²) in [5.41, 5.74) is 1.54. The van der Waals surface area contributed by atoms with Crippen molar-refractivity contribution in [1.82, 2.24) is 4.90 Å². The summed E-state index contributed by atoms with van der Waals surface area (Å²) in [7, 11) is 2.92. The zero-order valence-electron chi connectivity index (χ0n) is 21.2. The first-order chi connectivity index (χ1) is 18.3. The molecule has 1 atom stereocenters. The van der Waals surface area contributed by atoms with Crippen molar-refractivity contribution in [3.05, 3.63) is 93.0 Å². The van der Waals surface area contributed by atoms with Gasteiger partial charge in [0.05, 0.1) is 36.4 Å². The third-order valence-electron chi connectivity index (χ3n) is 6.21. The molecule has 3 aromatic carbocycles. The van der Waals surface area contributed by atoms with Crippen molar-refractivity contribution in [2.75, 3.05) is 20.8 Å². The Kier molecular flexibility index (Phi) is 8.49. The van der Waals surface area contributed by atoms with E-state index in [0.717, 1.165) is 5.56 Å². The van der Waals surface area contributed by atoms with Crippen LogP contribution in [-0.4, -0.2) is 42.5 Å². The summed E-state index contributed by atoms with van der Waals surface area (Å²) < 4.78 is 16.9. The van der Waals surface area contributed by atoms with E-state index in [4.69, 9.17) is 37.4 Å². The molecule has 1 aliphatic heterocycles. The fraction of sp³-hybridized carbons (Fsp3) is 0.241. The van der Waals surface area contributed by atoms with Gasteiger partial charge in [-0.2, -0.15) is 0 Å². The molecule has 0 bridgehead atoms. The quantitative estimate of drug-likeness (QED) is 0.186. The average Bonchev–Trinajstić information content (AvgIpc) is 3.16. The largest absolute Gasteiger partial charge is 0.507 e. The normalized spacial score (nSPS) is 16.6. The monoisotopic (exact) mass is 555 g/mol. The Morgan fingerprint density at radius 1 is 0.974 bits per heavy atom. The van der Waals surface area contributed by atoms with Crippen molar-refractivity contribution in [1.29, 1.82) is 0 Å². The molecule has 1 N–H and O–H groups in total. The van der Waals surface area contributed by atoms with Crippen LogP contribution in [0.4, 0.5) is 0 Å². The molecular formula is C29H27Cl2NO6. The molecule has 1 aliphatic rings. The van der Waals surface area contributed by atoms with Crippen LogP contribution in [0.15, 0.2) is 66.2 Å². The number of ketones is 1. The third kappa shape index (κ3) is 5.30. The number of nitrogens with zero attached hydrogens (tertiary/aromatic N) is 1. The van der Waals surface area contributed by atoms with Gasteiger partial charge >= 0.3 is 0 Å². The van der Waals surface area contributed by atoms with Crippen LogP contribution in [0.2, 0.25) is 10.0 Å². The predicted molar refractivity (Wildman–Crippen MR) is 146 cm³/mol. The fourth-order valence-corrected chi connectivity index (χ4v) is 5.07. The van der Waals surface area contributed by atoms with Crippen LogP contribution >= 0.6 is 23.2 Å². The van der Waals surface area contributed by atoms with Gasteiger partial charge in [-0.05, 0) is 41.8 Å². The van der Waals surface area contributed by atoms with Crippen LogP contribution in [0.1, 0.15) is 36.1 Å². The Balaban J connectivity index is 1.86. The van der Waals surface area contributed by atoms with Crippen molar-refractivity contribution in [2.45, 2.75) is 26.0 Å². The number of hydrogen-bond donors (Lipinski definition) is 1. The number of methoxy groups -OCH3 is 2. The van der Waals surface area contributed by atoms with Crippen molar-refractivity contribution < 1.29 is 28.9 Å². The third-order valence-corrected chi connectivity index (χ3v) is 6.71. The second-order valence-electron chi connectivity index (χ2n) is 8.65. The number of ether oxygens (including phenoxy) is 3. The minimum Gasteiger partial charge on any atom is -0.507 e. The first-order valence-electron chi connectivity index (χ1n) is 12.0. The lowest BCUT2D eigenvalue weighted by molar-refractivity contribution is -0.139. The molecule has 0 saturated carbocycles. The second-order valence-corrected chi connectivity index (χ2v) is 9.49. The number of hydrogen-bond acceptors (Lipinski definition) is 6. The Bertz CT molecular complexity index is 1390. The molecule has 1 amide bonds. The van der Waals surface area contributed by atoms with Crippen molar-refractivity contribution >= 4 is 40.7 Å². The number of benzene rings is 3. The molecule has 38 heavy (non-hydrogen) atoms. The Labute approximate surface area is 231 Å². The molecule has 4 rings (SSSR count). The number of rotatable bonds is 9. The van der Waals surface area contributed by atoms with Gasteiger partial charge in [-0.15, -0.1) is 0 Å². The van der Waals surface area contributed by atoms with Crippen molar-refractivity contribution in [2.24, 2.45) is 0 Å². The van der Waals surface area contributed by atoms with E-state index in [2.05, 4.69) is 0 Å². The Morgan fingerprint density at radius 3 is 2.37 bits per heavy atom. The molecule has 9 heteroatoms. The molecule has 1 unspecified atom stereocenters. The van der Waals surface area contributed by atoms with E-state index in [-0.39, 0.29) is 33.5 Å². The number of halogens is 2. The van der Waals surface area contributed by atoms with Gasteiger partial charge in [0.15, 0.2) is 11.5 Å². The highest BCUT2D eigenvalue weighted by atomic mass is 35.5. The maximum absolute atomic E-state index is 13.3. The first-order valence-corrected chi connectivity index (χ1v) is 12.7. The lowest BCUT2D eigenvalue weighted by Crippen LogP contribution is -2.30. The van der Waals surface area contributed by atoms with Crippen LogP contribution in [0, 0.1) is 0 Å². The van der Waals surface area contributed by atoms with E-state index in [1.165, 1.54) is 31.3 Å². The summed E-state index contributed by atoms with van der Waals surface area (Å²) in [4.78, 5) is 27.9. The number of aliphatic hydroxyl groups excluding tert-OH is 1. The Hall–Kier alpha value is -3.68. The van der Waals surface area contributed by atoms with Gasteiger partial charge in [0.25, 0.3) is 11.7 Å². The van der Waals surface area contributed by atoms with Crippen molar-refractivity contribution in [3.8, 4) is 17.2 Å². The molecule has 1 fully saturated rings. The zero-order chi connectivity index (χ0) is 27.4. The maximum atomic E-state index is 13.3. The van der Waals surface area contributed by atoms with Crippen LogP contribution in [0.5, 0.6) is 17.2 Å². The average molecular weight is 556 g/mol. The van der Waals surface area contributed by atoms with Gasteiger partial charge in [0, 0.05) is 11.6 Å². The van der Waals surface area contributed by atoms with Gasteiger partial charge in [-0.25, -0.2) is 0 Å². The van der Waals surface area contributed by atoms with Crippen LogP contribution in [0.3, 0.4) is 0 Å². The molecule has 0 aliphatic carbocycles. The number of Topliss-reactive ketones (excluding diaryl/α,β-unsaturated/α-hetero) is 1. The summed E-state index contributed by atoms with van der Waals surface area (Å²) in [6.07, 6.45) is 0.601. The van der Waals surface area contributed by atoms with Gasteiger partial charge < -0.3 is 24.2 Å². The van der Waals surface area contributed by atoms with E-state index in [0.29, 0.717) is 30.0 Å². The van der Waals surface area contributed by atoms with Crippen LogP contribution in [-0.2, 0) is 16.2 Å². The number of amides is 1.